The fraction of sp³-hybridized carbons (Fsp3) is 0.395. The summed E-state index contributed by atoms with van der Waals surface area (Å²) in [5.74, 6) is -2.64. The second-order valence-corrected chi connectivity index (χ2v) is 18.2. The van der Waals surface area contributed by atoms with Crippen LogP contribution in [0.4, 0.5) is 19.1 Å². The van der Waals surface area contributed by atoms with Crippen LogP contribution in [-0.2, 0) is 30.6 Å². The van der Waals surface area contributed by atoms with Crippen molar-refractivity contribution in [1.82, 2.24) is 34.9 Å². The number of amides is 3. The highest BCUT2D eigenvalue weighted by Crippen LogP contribution is 2.46. The van der Waals surface area contributed by atoms with Gasteiger partial charge in [0, 0.05) is 29.5 Å². The van der Waals surface area contributed by atoms with Crippen LogP contribution in [0.1, 0.15) is 69.0 Å². The molecule has 5 aromatic rings. The lowest BCUT2D eigenvalue weighted by Crippen LogP contribution is -2.57. The van der Waals surface area contributed by atoms with E-state index in [1.54, 1.807) is 24.3 Å². The van der Waals surface area contributed by atoms with Gasteiger partial charge in [0.25, 0.3) is 11.8 Å². The quantitative estimate of drug-likeness (QED) is 0.163. The van der Waals surface area contributed by atoms with E-state index in [2.05, 4.69) is 35.3 Å². The number of nitrogens with one attached hydrogen (secondary N) is 3. The molecule has 2 aromatic carbocycles. The molecular weight excluding hydrogens is 844 g/mol. The molecule has 16 nitrogen and oxygen atoms in total. The van der Waals surface area contributed by atoms with Gasteiger partial charge in [0.2, 0.25) is 33.4 Å². The minimum absolute atomic E-state index is 0.0265. The minimum atomic E-state index is -4.57. The number of para-hydroxylation sites is 1. The number of sulfonamides is 1. The van der Waals surface area contributed by atoms with Crippen molar-refractivity contribution in [3.8, 4) is 23.3 Å². The zero-order valence-corrected chi connectivity index (χ0v) is 34.3. The normalized spacial score (nSPS) is 24.9. The maximum atomic E-state index is 14.8. The van der Waals surface area contributed by atoms with Crippen LogP contribution in [0.25, 0.3) is 33.5 Å². The van der Waals surface area contributed by atoms with Gasteiger partial charge in [-0.2, -0.15) is 23.4 Å². The molecule has 20 heteroatoms. The SMILES string of the molecule is N#Cc1ccnc(N[C@H]2CCCCC/C=C\[C@@H]3C[C@@]3(C(=O)NS(=O)(=O)C3CC3)NC(=O)[C@@H]3C[C@@H](Oc4nc(-c5ccc(C(F)(F)F)cc5)nc5c4oc4ccccc45)CN3C2=O)n1. The van der Waals surface area contributed by atoms with Crippen molar-refractivity contribution in [2.75, 3.05) is 11.9 Å². The molecule has 0 spiro atoms. The zero-order chi connectivity index (χ0) is 44.1. The van der Waals surface area contributed by atoms with E-state index >= 15 is 0 Å². The number of ether oxygens (including phenoxy) is 1. The van der Waals surface area contributed by atoms with Gasteiger partial charge in [-0.05, 0) is 68.9 Å². The number of hydrogen-bond donors (Lipinski definition) is 3. The molecule has 0 bridgehead atoms. The molecule has 9 rings (SSSR count). The van der Waals surface area contributed by atoms with Crippen molar-refractivity contribution >= 4 is 55.8 Å². The highest BCUT2D eigenvalue weighted by molar-refractivity contribution is 7.91. The molecule has 3 aromatic heterocycles. The maximum Gasteiger partial charge on any atom is 0.416 e. The van der Waals surface area contributed by atoms with Gasteiger partial charge in [-0.15, -0.1) is 0 Å². The smallest absolute Gasteiger partial charge is 0.416 e. The lowest BCUT2D eigenvalue weighted by molar-refractivity contribution is -0.140. The molecule has 326 valence electrons. The molecule has 3 fully saturated rings. The number of rotatable bonds is 8. The van der Waals surface area contributed by atoms with E-state index in [1.165, 1.54) is 29.3 Å². The van der Waals surface area contributed by atoms with Crippen molar-refractivity contribution in [2.24, 2.45) is 5.92 Å². The van der Waals surface area contributed by atoms with Crippen molar-refractivity contribution < 1.29 is 45.1 Å². The predicted molar refractivity (Wildman–Crippen MR) is 220 cm³/mol. The summed E-state index contributed by atoms with van der Waals surface area (Å²) in [6.45, 7) is -0.173. The molecule has 5 atom stereocenters. The Morgan fingerprint density at radius 3 is 2.57 bits per heavy atom. The maximum absolute atomic E-state index is 14.8. The number of furan rings is 1. The highest BCUT2D eigenvalue weighted by atomic mass is 32.2. The topological polar surface area (TPSA) is 222 Å². The fourth-order valence-electron chi connectivity index (χ4n) is 8.23. The molecule has 5 heterocycles. The summed E-state index contributed by atoms with van der Waals surface area (Å²) < 4.78 is 81.2. The third kappa shape index (κ3) is 8.48. The number of carbonyl (C=O) groups is 3. The van der Waals surface area contributed by atoms with E-state index in [9.17, 15) is 41.2 Å². The van der Waals surface area contributed by atoms with Crippen LogP contribution in [0.15, 0.2) is 77.4 Å². The largest absolute Gasteiger partial charge is 0.470 e. The highest BCUT2D eigenvalue weighted by Gasteiger charge is 2.62. The summed E-state index contributed by atoms with van der Waals surface area (Å²) in [5.41, 5.74) is -1.26. The number of aromatic nitrogens is 4. The van der Waals surface area contributed by atoms with Crippen LogP contribution in [0, 0.1) is 17.2 Å². The van der Waals surface area contributed by atoms with Gasteiger partial charge in [-0.25, -0.2) is 23.4 Å². The van der Waals surface area contributed by atoms with E-state index in [-0.39, 0.29) is 53.9 Å². The molecule has 3 N–H and O–H groups in total. The van der Waals surface area contributed by atoms with Gasteiger partial charge in [0.15, 0.2) is 5.82 Å². The molecule has 2 aliphatic carbocycles. The number of anilines is 1. The van der Waals surface area contributed by atoms with E-state index < -0.39 is 74.4 Å². The Morgan fingerprint density at radius 1 is 1.02 bits per heavy atom. The molecule has 0 unspecified atom stereocenters. The second-order valence-electron chi connectivity index (χ2n) is 16.3. The van der Waals surface area contributed by atoms with Crippen LogP contribution in [0.3, 0.4) is 0 Å². The molecule has 63 heavy (non-hydrogen) atoms. The molecule has 4 aliphatic rings. The summed E-state index contributed by atoms with van der Waals surface area (Å²) in [5, 5.41) is 15.3. The van der Waals surface area contributed by atoms with Gasteiger partial charge >= 0.3 is 6.18 Å². The molecule has 2 aliphatic heterocycles. The summed E-state index contributed by atoms with van der Waals surface area (Å²) in [7, 11) is -3.97. The van der Waals surface area contributed by atoms with Gasteiger partial charge in [0.1, 0.15) is 46.6 Å². The Hall–Kier alpha value is -6.62. The summed E-state index contributed by atoms with van der Waals surface area (Å²) >= 11 is 0. The molecule has 1 saturated heterocycles. The van der Waals surface area contributed by atoms with Crippen molar-refractivity contribution in [1.29, 1.82) is 5.26 Å². The first kappa shape index (κ1) is 41.7. The average molecular weight is 884 g/mol. The van der Waals surface area contributed by atoms with E-state index in [4.69, 9.17) is 9.15 Å². The monoisotopic (exact) mass is 883 g/mol. The molecule has 2 saturated carbocycles. The van der Waals surface area contributed by atoms with Gasteiger partial charge in [-0.3, -0.25) is 19.1 Å². The van der Waals surface area contributed by atoms with E-state index in [1.807, 2.05) is 18.2 Å². The lowest BCUT2D eigenvalue weighted by Gasteiger charge is -2.30. The number of allylic oxidation sites excluding steroid dienone is 1. The number of halogens is 3. The Labute approximate surface area is 358 Å². The second kappa shape index (κ2) is 16.3. The van der Waals surface area contributed by atoms with Crippen LogP contribution in [-0.4, -0.2) is 86.5 Å². The number of fused-ring (bicyclic) bond motifs is 5. The average Bonchev–Trinajstić information content (AvgIpc) is 4.17. The van der Waals surface area contributed by atoms with Crippen LogP contribution >= 0.6 is 0 Å². The fourth-order valence-corrected chi connectivity index (χ4v) is 9.60. The van der Waals surface area contributed by atoms with Crippen LogP contribution in [0.2, 0.25) is 0 Å². The standard InChI is InChI=1S/C43H40F3N9O7S/c44-43(45,46)25-14-12-24(13-15-25)36-51-34-30-9-6-7-11-33(30)62-35(34)38(52-36)61-28-20-32-37(56)53-42(40(58)54-63(59,60)29-16-17-29)21-26(42)8-4-2-1-3-5-10-31(39(57)55(32)23-28)50-41-48-19-18-27(22-47)49-41/h4,6-9,11-15,18-19,26,28-29,31-32H,1-3,5,10,16-17,20-21,23H2,(H,53,56)(H,54,58)(H,48,49,50)/b8-4-/t26-,28-,31+,32+,42-/m1/s1. The predicted octanol–water partition coefficient (Wildman–Crippen LogP) is 5.56. The number of hydrogen-bond acceptors (Lipinski definition) is 13. The van der Waals surface area contributed by atoms with Crippen molar-refractivity contribution in [3.05, 3.63) is 84.2 Å². The summed E-state index contributed by atoms with van der Waals surface area (Å²) in [6.07, 6.45) is 3.47. The van der Waals surface area contributed by atoms with E-state index in [0.717, 1.165) is 25.0 Å². The van der Waals surface area contributed by atoms with Crippen molar-refractivity contribution in [2.45, 2.75) is 92.9 Å². The third-order valence-electron chi connectivity index (χ3n) is 11.9. The Kier molecular flexibility index (Phi) is 10.8. The first-order valence-electron chi connectivity index (χ1n) is 20.6. The van der Waals surface area contributed by atoms with Crippen LogP contribution < -0.4 is 20.1 Å². The number of nitrogens with zero attached hydrogens (tertiary/aromatic N) is 6. The summed E-state index contributed by atoms with van der Waals surface area (Å²) in [6, 6.07) is 12.5. The van der Waals surface area contributed by atoms with Crippen LogP contribution in [0.5, 0.6) is 5.88 Å². The van der Waals surface area contributed by atoms with Gasteiger partial charge in [-0.1, -0.05) is 49.3 Å². The van der Waals surface area contributed by atoms with Gasteiger partial charge in [0.05, 0.1) is 17.4 Å². The third-order valence-corrected chi connectivity index (χ3v) is 13.7. The first-order valence-corrected chi connectivity index (χ1v) is 22.2. The minimum Gasteiger partial charge on any atom is -0.470 e. The van der Waals surface area contributed by atoms with Gasteiger partial charge < -0.3 is 24.7 Å². The van der Waals surface area contributed by atoms with E-state index in [0.29, 0.717) is 48.6 Å². The zero-order valence-electron chi connectivity index (χ0n) is 33.5. The Balaban J connectivity index is 1.08. The number of alkyl halides is 3. The number of benzene rings is 2. The van der Waals surface area contributed by atoms with Crippen molar-refractivity contribution in [3.63, 3.8) is 0 Å². The number of nitriles is 1. The first-order chi connectivity index (χ1) is 30.2. The Bertz CT molecular complexity index is 2810. The molecule has 0 radical (unpaired) electrons. The molecular formula is C43H40F3N9O7S. The number of carbonyl (C=O) groups excluding carboxylic acids is 3. The summed E-state index contributed by atoms with van der Waals surface area (Å²) in [4.78, 5) is 62.3. The Morgan fingerprint density at radius 2 is 1.81 bits per heavy atom. The molecule has 3 amide bonds. The lowest BCUT2D eigenvalue weighted by atomic mass is 10.0.